The summed E-state index contributed by atoms with van der Waals surface area (Å²) in [5.41, 5.74) is 2.64. The van der Waals surface area contributed by atoms with Crippen LogP contribution < -0.4 is 5.32 Å². The number of hydrogen-bond donors (Lipinski definition) is 1. The number of hydrogen-bond acceptors (Lipinski definition) is 4. The molecule has 2 rings (SSSR count). The van der Waals surface area contributed by atoms with Gasteiger partial charge in [0.25, 0.3) is 0 Å². The molecule has 20 heavy (non-hydrogen) atoms. The van der Waals surface area contributed by atoms with Gasteiger partial charge in [0.05, 0.1) is 12.6 Å². The topological polar surface area (TPSA) is 30.9 Å². The number of benzene rings is 1. The molecule has 0 spiro atoms. The predicted octanol–water partition coefficient (Wildman–Crippen LogP) is 2.11. The van der Waals surface area contributed by atoms with Crippen LogP contribution in [0.1, 0.15) is 17.2 Å². The Kier molecular flexibility index (Phi) is 6.75. The molecule has 0 amide bonds. The monoisotopic (exact) mass is 388 g/mol. The Morgan fingerprint density at radius 3 is 2.45 bits per heavy atom. The lowest BCUT2D eigenvalue weighted by atomic mass is 10.0. The molecule has 0 aliphatic carbocycles. The van der Waals surface area contributed by atoms with Crippen LogP contribution in [0.5, 0.6) is 0 Å². The number of nitrogens with zero attached hydrogens (tertiary/aromatic N) is 3. The average Bonchev–Trinajstić information content (AvgIpc) is 2.77. The predicted molar refractivity (Wildman–Crippen MR) is 96.0 cm³/mol. The van der Waals surface area contributed by atoms with Gasteiger partial charge in [0.2, 0.25) is 0 Å². The fraction of sp³-hybridized carbons (Fsp3) is 0.533. The fourth-order valence-electron chi connectivity index (χ4n) is 2.30. The van der Waals surface area contributed by atoms with Gasteiger partial charge in [-0.15, -0.1) is 24.0 Å². The Bertz CT molecular complexity index is 442. The molecule has 0 saturated carbocycles. The van der Waals surface area contributed by atoms with E-state index in [1.165, 1.54) is 11.1 Å². The highest BCUT2D eigenvalue weighted by Gasteiger charge is 2.17. The number of nitrogens with one attached hydrogen (secondary N) is 1. The molecular weight excluding hydrogens is 363 g/mol. The van der Waals surface area contributed by atoms with Crippen LogP contribution in [-0.4, -0.2) is 56.5 Å². The molecule has 0 fully saturated rings. The van der Waals surface area contributed by atoms with Crippen molar-refractivity contribution in [3.05, 3.63) is 35.4 Å². The van der Waals surface area contributed by atoms with Crippen LogP contribution in [0.2, 0.25) is 0 Å². The molecule has 1 aliphatic rings. The largest absolute Gasteiger partial charge is 0.354 e. The van der Waals surface area contributed by atoms with Gasteiger partial charge in [-0.05, 0) is 26.6 Å². The van der Waals surface area contributed by atoms with Crippen LogP contribution in [0.3, 0.4) is 0 Å². The highest BCUT2D eigenvalue weighted by Crippen LogP contribution is 2.18. The highest BCUT2D eigenvalue weighted by molar-refractivity contribution is 14.0. The minimum absolute atomic E-state index is 0. The summed E-state index contributed by atoms with van der Waals surface area (Å²) in [6, 6.07) is 9.12. The van der Waals surface area contributed by atoms with Gasteiger partial charge in [-0.1, -0.05) is 29.8 Å². The second-order valence-corrected chi connectivity index (χ2v) is 5.40. The van der Waals surface area contributed by atoms with Gasteiger partial charge in [0, 0.05) is 20.1 Å². The Morgan fingerprint density at radius 1 is 1.30 bits per heavy atom. The van der Waals surface area contributed by atoms with E-state index in [2.05, 4.69) is 72.4 Å². The molecule has 0 radical (unpaired) electrons. The van der Waals surface area contributed by atoms with Gasteiger partial charge < -0.3 is 15.1 Å². The van der Waals surface area contributed by atoms with Crippen molar-refractivity contribution < 1.29 is 0 Å². The van der Waals surface area contributed by atoms with Crippen molar-refractivity contribution in [2.45, 2.75) is 13.0 Å². The zero-order chi connectivity index (χ0) is 13.8. The molecular formula is C15H25IN4. The number of rotatable bonds is 4. The number of aliphatic imine (C=N–C) groups is 1. The second kappa shape index (κ2) is 7.83. The van der Waals surface area contributed by atoms with E-state index in [-0.39, 0.29) is 24.0 Å². The molecule has 1 atom stereocenters. The van der Waals surface area contributed by atoms with Gasteiger partial charge in [-0.25, -0.2) is 0 Å². The molecule has 1 aliphatic heterocycles. The first-order valence-corrected chi connectivity index (χ1v) is 6.80. The minimum Gasteiger partial charge on any atom is -0.354 e. The van der Waals surface area contributed by atoms with Crippen LogP contribution in [0.4, 0.5) is 0 Å². The van der Waals surface area contributed by atoms with E-state index < -0.39 is 0 Å². The maximum absolute atomic E-state index is 4.47. The Labute approximate surface area is 139 Å². The molecule has 1 unspecified atom stereocenters. The molecule has 1 N–H and O–H groups in total. The second-order valence-electron chi connectivity index (χ2n) is 5.40. The van der Waals surface area contributed by atoms with Crippen molar-refractivity contribution in [1.82, 2.24) is 15.1 Å². The summed E-state index contributed by atoms with van der Waals surface area (Å²) in [4.78, 5) is 8.88. The highest BCUT2D eigenvalue weighted by atomic mass is 127. The van der Waals surface area contributed by atoms with Crippen molar-refractivity contribution in [1.29, 1.82) is 0 Å². The lowest BCUT2D eigenvalue weighted by Crippen LogP contribution is -2.40. The lowest BCUT2D eigenvalue weighted by Gasteiger charge is -2.26. The number of guanidine groups is 1. The number of likely N-dealkylation sites (N-methyl/N-ethyl adjacent to an activating group) is 2. The molecule has 1 aromatic carbocycles. The van der Waals surface area contributed by atoms with Gasteiger partial charge >= 0.3 is 0 Å². The van der Waals surface area contributed by atoms with E-state index in [0.29, 0.717) is 6.04 Å². The molecule has 0 saturated heterocycles. The summed E-state index contributed by atoms with van der Waals surface area (Å²) >= 11 is 0. The molecule has 112 valence electrons. The summed E-state index contributed by atoms with van der Waals surface area (Å²) in [6.07, 6.45) is 0. The molecule has 4 nitrogen and oxygen atoms in total. The van der Waals surface area contributed by atoms with Crippen LogP contribution in [0.15, 0.2) is 29.3 Å². The van der Waals surface area contributed by atoms with E-state index in [1.807, 2.05) is 0 Å². The third kappa shape index (κ3) is 4.34. The van der Waals surface area contributed by atoms with E-state index in [9.17, 15) is 0 Å². The van der Waals surface area contributed by atoms with Crippen LogP contribution >= 0.6 is 24.0 Å². The van der Waals surface area contributed by atoms with Crippen molar-refractivity contribution in [3.63, 3.8) is 0 Å². The Morgan fingerprint density at radius 2 is 1.95 bits per heavy atom. The van der Waals surface area contributed by atoms with E-state index in [0.717, 1.165) is 25.6 Å². The fourth-order valence-corrected chi connectivity index (χ4v) is 2.30. The maximum atomic E-state index is 4.47. The van der Waals surface area contributed by atoms with E-state index >= 15 is 0 Å². The van der Waals surface area contributed by atoms with Gasteiger partial charge in [0.1, 0.15) is 0 Å². The van der Waals surface area contributed by atoms with Crippen molar-refractivity contribution in [3.8, 4) is 0 Å². The van der Waals surface area contributed by atoms with Crippen molar-refractivity contribution in [2.24, 2.45) is 4.99 Å². The standard InChI is InChI=1S/C15H24N4.HI/c1-12-5-7-13(8-6-12)14(18(2)3)11-17-15-16-9-10-19(15)4;/h5-8,14H,9-11H2,1-4H3,(H,16,17);1H. The zero-order valence-electron chi connectivity index (χ0n) is 12.8. The molecule has 1 aromatic rings. The molecule has 5 heteroatoms. The number of halogens is 1. The van der Waals surface area contributed by atoms with Crippen LogP contribution in [0.25, 0.3) is 0 Å². The third-order valence-corrected chi connectivity index (χ3v) is 3.60. The summed E-state index contributed by atoms with van der Waals surface area (Å²) < 4.78 is 0. The Hall–Kier alpha value is -0.820. The van der Waals surface area contributed by atoms with Crippen LogP contribution in [-0.2, 0) is 0 Å². The normalized spacial score (nSPS) is 15.8. The van der Waals surface area contributed by atoms with Crippen molar-refractivity contribution >= 4 is 29.9 Å². The molecule has 1 heterocycles. The van der Waals surface area contributed by atoms with E-state index in [4.69, 9.17) is 0 Å². The van der Waals surface area contributed by atoms with Gasteiger partial charge in [0.15, 0.2) is 5.96 Å². The minimum atomic E-state index is 0. The zero-order valence-corrected chi connectivity index (χ0v) is 15.1. The molecule has 0 aromatic heterocycles. The first-order valence-electron chi connectivity index (χ1n) is 6.80. The first kappa shape index (κ1) is 17.2. The smallest absolute Gasteiger partial charge is 0.193 e. The Balaban J connectivity index is 0.00000200. The molecule has 0 bridgehead atoms. The van der Waals surface area contributed by atoms with Gasteiger partial charge in [-0.3, -0.25) is 4.99 Å². The lowest BCUT2D eigenvalue weighted by molar-refractivity contribution is 0.296. The summed E-state index contributed by atoms with van der Waals surface area (Å²) in [6.45, 7) is 4.91. The van der Waals surface area contributed by atoms with Gasteiger partial charge in [-0.2, -0.15) is 0 Å². The summed E-state index contributed by atoms with van der Waals surface area (Å²) in [5.74, 6) is 1.01. The van der Waals surface area contributed by atoms with Crippen LogP contribution in [0, 0.1) is 6.92 Å². The summed E-state index contributed by atoms with van der Waals surface area (Å²) in [5, 5.41) is 3.46. The quantitative estimate of drug-likeness (QED) is 0.802. The average molecular weight is 388 g/mol. The third-order valence-electron chi connectivity index (χ3n) is 3.60. The number of aryl methyl sites for hydroxylation is 1. The first-order chi connectivity index (χ1) is 9.08. The van der Waals surface area contributed by atoms with E-state index in [1.54, 1.807) is 0 Å². The summed E-state index contributed by atoms with van der Waals surface area (Å²) in [7, 11) is 6.31. The maximum Gasteiger partial charge on any atom is 0.193 e. The van der Waals surface area contributed by atoms with Crippen molar-refractivity contribution in [2.75, 3.05) is 40.8 Å². The SMILES string of the molecule is Cc1ccc(C(CNC2=NCCN2C)N(C)C)cc1.I.